The van der Waals surface area contributed by atoms with Gasteiger partial charge in [-0.1, -0.05) is 83.9 Å². The molecule has 0 unspecified atom stereocenters. The van der Waals surface area contributed by atoms with E-state index >= 15 is 0 Å². The number of sulfonamides is 1. The SMILES string of the molecule is CNC(=O)[C@@H](Cc1ccccc1)N(Cc1ccccc1C)C(=O)CN(c1ccc(Cl)cc1C)S(=O)(=O)c1ccc(C)cc1. The number of carbonyl (C=O) groups excluding carboxylic acids is 2. The van der Waals surface area contributed by atoms with Crippen molar-refractivity contribution in [1.29, 1.82) is 0 Å². The van der Waals surface area contributed by atoms with Crippen LogP contribution in [-0.4, -0.2) is 44.8 Å². The summed E-state index contributed by atoms with van der Waals surface area (Å²) in [6.45, 7) is 5.16. The Morgan fingerprint density at radius 1 is 0.837 bits per heavy atom. The van der Waals surface area contributed by atoms with Crippen LogP contribution in [0, 0.1) is 20.8 Å². The second kappa shape index (κ2) is 13.9. The molecule has 4 rings (SSSR count). The predicted octanol–water partition coefficient (Wildman–Crippen LogP) is 5.85. The van der Waals surface area contributed by atoms with E-state index in [1.165, 1.54) is 24.1 Å². The first-order chi connectivity index (χ1) is 20.5. The van der Waals surface area contributed by atoms with Crippen LogP contribution in [0.1, 0.15) is 27.8 Å². The quantitative estimate of drug-likeness (QED) is 0.229. The highest BCUT2D eigenvalue weighted by molar-refractivity contribution is 7.92. The molecule has 1 N–H and O–H groups in total. The molecule has 0 spiro atoms. The zero-order valence-corrected chi connectivity index (χ0v) is 26.3. The van der Waals surface area contributed by atoms with Gasteiger partial charge in [0.1, 0.15) is 12.6 Å². The fourth-order valence-electron chi connectivity index (χ4n) is 4.94. The van der Waals surface area contributed by atoms with E-state index in [0.717, 1.165) is 26.6 Å². The van der Waals surface area contributed by atoms with Gasteiger partial charge in [0.25, 0.3) is 10.0 Å². The monoisotopic (exact) mass is 617 g/mol. The summed E-state index contributed by atoms with van der Waals surface area (Å²) < 4.78 is 29.4. The molecule has 43 heavy (non-hydrogen) atoms. The van der Waals surface area contributed by atoms with Crippen LogP contribution >= 0.6 is 11.6 Å². The van der Waals surface area contributed by atoms with Crippen molar-refractivity contribution in [3.63, 3.8) is 0 Å². The smallest absolute Gasteiger partial charge is 0.264 e. The lowest BCUT2D eigenvalue weighted by Gasteiger charge is -2.34. The number of benzene rings is 4. The largest absolute Gasteiger partial charge is 0.357 e. The summed E-state index contributed by atoms with van der Waals surface area (Å²) in [6, 6.07) is 27.5. The van der Waals surface area contributed by atoms with E-state index in [2.05, 4.69) is 5.32 Å². The van der Waals surface area contributed by atoms with Gasteiger partial charge in [0.15, 0.2) is 0 Å². The Bertz CT molecular complexity index is 1690. The molecule has 7 nitrogen and oxygen atoms in total. The highest BCUT2D eigenvalue weighted by Crippen LogP contribution is 2.30. The second-order valence-corrected chi connectivity index (χ2v) is 12.8. The van der Waals surface area contributed by atoms with Crippen LogP contribution in [0.4, 0.5) is 5.69 Å². The molecule has 0 saturated heterocycles. The maximum atomic E-state index is 14.4. The van der Waals surface area contributed by atoms with E-state index in [4.69, 9.17) is 11.6 Å². The maximum absolute atomic E-state index is 14.4. The molecular weight excluding hydrogens is 582 g/mol. The third-order valence-electron chi connectivity index (χ3n) is 7.43. The van der Waals surface area contributed by atoms with Crippen molar-refractivity contribution in [2.45, 2.75) is 44.7 Å². The predicted molar refractivity (Wildman–Crippen MR) is 172 cm³/mol. The number of aryl methyl sites for hydroxylation is 3. The van der Waals surface area contributed by atoms with Gasteiger partial charge in [-0.05, 0) is 73.4 Å². The average molecular weight is 618 g/mol. The van der Waals surface area contributed by atoms with Crippen LogP contribution < -0.4 is 9.62 Å². The number of halogens is 1. The highest BCUT2D eigenvalue weighted by atomic mass is 35.5. The Balaban J connectivity index is 1.82. The van der Waals surface area contributed by atoms with Crippen molar-refractivity contribution >= 4 is 39.1 Å². The van der Waals surface area contributed by atoms with Gasteiger partial charge in [-0.15, -0.1) is 0 Å². The number of hydrogen-bond donors (Lipinski definition) is 1. The zero-order valence-electron chi connectivity index (χ0n) is 24.7. The molecule has 0 fully saturated rings. The second-order valence-electron chi connectivity index (χ2n) is 10.5. The summed E-state index contributed by atoms with van der Waals surface area (Å²) in [5.74, 6) is -0.862. The van der Waals surface area contributed by atoms with Crippen molar-refractivity contribution in [3.8, 4) is 0 Å². The van der Waals surface area contributed by atoms with Crippen molar-refractivity contribution < 1.29 is 18.0 Å². The number of rotatable bonds is 11. The van der Waals surface area contributed by atoms with Gasteiger partial charge in [0.2, 0.25) is 11.8 Å². The minimum absolute atomic E-state index is 0.0536. The van der Waals surface area contributed by atoms with E-state index in [9.17, 15) is 18.0 Å². The summed E-state index contributed by atoms with van der Waals surface area (Å²) in [4.78, 5) is 29.3. The molecule has 1 atom stereocenters. The van der Waals surface area contributed by atoms with Crippen LogP contribution in [0.2, 0.25) is 5.02 Å². The Morgan fingerprint density at radius 2 is 1.49 bits per heavy atom. The summed E-state index contributed by atoms with van der Waals surface area (Å²) in [5, 5.41) is 3.15. The van der Waals surface area contributed by atoms with Crippen molar-refractivity contribution in [1.82, 2.24) is 10.2 Å². The number of nitrogens with one attached hydrogen (secondary N) is 1. The summed E-state index contributed by atoms with van der Waals surface area (Å²) in [7, 11) is -2.65. The van der Waals surface area contributed by atoms with Gasteiger partial charge in [-0.2, -0.15) is 0 Å². The van der Waals surface area contributed by atoms with E-state index in [-0.39, 0.29) is 23.8 Å². The average Bonchev–Trinajstić information content (AvgIpc) is 2.99. The van der Waals surface area contributed by atoms with Crippen molar-refractivity contribution in [3.05, 3.63) is 130 Å². The summed E-state index contributed by atoms with van der Waals surface area (Å²) >= 11 is 6.21. The minimum Gasteiger partial charge on any atom is -0.357 e. The summed E-state index contributed by atoms with van der Waals surface area (Å²) in [6.07, 6.45) is 0.253. The molecule has 0 aromatic heterocycles. The number of hydrogen-bond acceptors (Lipinski definition) is 4. The van der Waals surface area contributed by atoms with Crippen LogP contribution in [0.5, 0.6) is 0 Å². The first kappa shape index (κ1) is 31.8. The number of carbonyl (C=O) groups is 2. The molecule has 4 aromatic rings. The lowest BCUT2D eigenvalue weighted by molar-refractivity contribution is -0.139. The molecule has 224 valence electrons. The fourth-order valence-corrected chi connectivity index (χ4v) is 6.65. The Labute approximate surface area is 259 Å². The molecule has 2 amide bonds. The molecule has 0 saturated carbocycles. The van der Waals surface area contributed by atoms with Gasteiger partial charge < -0.3 is 10.2 Å². The van der Waals surface area contributed by atoms with Crippen molar-refractivity contribution in [2.75, 3.05) is 17.9 Å². The van der Waals surface area contributed by atoms with Crippen LogP contribution in [0.15, 0.2) is 102 Å². The van der Waals surface area contributed by atoms with Gasteiger partial charge in [0.05, 0.1) is 10.6 Å². The van der Waals surface area contributed by atoms with Gasteiger partial charge in [-0.3, -0.25) is 13.9 Å². The van der Waals surface area contributed by atoms with Gasteiger partial charge in [0, 0.05) is 25.0 Å². The number of likely N-dealkylation sites (N-methyl/N-ethyl adjacent to an activating group) is 1. The zero-order chi connectivity index (χ0) is 31.1. The molecule has 0 heterocycles. The van der Waals surface area contributed by atoms with Crippen LogP contribution in [-0.2, 0) is 32.6 Å². The van der Waals surface area contributed by atoms with E-state index in [1.54, 1.807) is 37.3 Å². The number of amides is 2. The van der Waals surface area contributed by atoms with Crippen LogP contribution in [0.25, 0.3) is 0 Å². The van der Waals surface area contributed by atoms with E-state index in [1.807, 2.05) is 68.4 Å². The Hall–Kier alpha value is -4.14. The van der Waals surface area contributed by atoms with Crippen molar-refractivity contribution in [2.24, 2.45) is 0 Å². The van der Waals surface area contributed by atoms with E-state index < -0.39 is 28.5 Å². The maximum Gasteiger partial charge on any atom is 0.264 e. The molecular formula is C34H36ClN3O4S. The number of nitrogens with zero attached hydrogens (tertiary/aromatic N) is 2. The first-order valence-corrected chi connectivity index (χ1v) is 15.8. The third kappa shape index (κ3) is 7.63. The van der Waals surface area contributed by atoms with Crippen LogP contribution in [0.3, 0.4) is 0 Å². The third-order valence-corrected chi connectivity index (χ3v) is 9.44. The normalized spacial score (nSPS) is 11.9. The molecule has 0 aliphatic heterocycles. The van der Waals surface area contributed by atoms with Gasteiger partial charge in [-0.25, -0.2) is 8.42 Å². The molecule has 4 aromatic carbocycles. The molecule has 0 aliphatic rings. The molecule has 0 bridgehead atoms. The molecule has 9 heteroatoms. The Morgan fingerprint density at radius 3 is 2.12 bits per heavy atom. The van der Waals surface area contributed by atoms with Gasteiger partial charge >= 0.3 is 0 Å². The standard InChI is InChI=1S/C34H36ClN3O4S/c1-24-14-17-30(18-15-24)43(41,42)38(31-19-16-29(35)20-26(31)3)23-33(39)37(22-28-13-9-8-10-25(28)2)32(34(40)36-4)21-27-11-6-5-7-12-27/h5-20,32H,21-23H2,1-4H3,(H,36,40)/t32-/m1/s1. The highest BCUT2D eigenvalue weighted by Gasteiger charge is 2.35. The lowest BCUT2D eigenvalue weighted by atomic mass is 10.0. The fraction of sp³-hybridized carbons (Fsp3) is 0.235. The Kier molecular flexibility index (Phi) is 10.3. The topological polar surface area (TPSA) is 86.8 Å². The molecule has 0 aliphatic carbocycles. The first-order valence-electron chi connectivity index (χ1n) is 14.0. The lowest BCUT2D eigenvalue weighted by Crippen LogP contribution is -2.53. The number of anilines is 1. The summed E-state index contributed by atoms with van der Waals surface area (Å²) in [5.41, 5.74) is 4.50. The van der Waals surface area contributed by atoms with E-state index in [0.29, 0.717) is 16.3 Å². The minimum atomic E-state index is -4.18. The molecule has 0 radical (unpaired) electrons.